The third-order valence-corrected chi connectivity index (χ3v) is 9.38. The van der Waals surface area contributed by atoms with E-state index in [1.807, 2.05) is 11.8 Å². The zero-order valence-electron chi connectivity index (χ0n) is 20.7. The quantitative estimate of drug-likeness (QED) is 0.437. The number of hydrogen-bond donors (Lipinski definition) is 2. The normalized spacial score (nSPS) is 16.4. The van der Waals surface area contributed by atoms with Crippen LogP contribution in [-0.2, 0) is 20.9 Å². The van der Waals surface area contributed by atoms with Gasteiger partial charge < -0.3 is 10.1 Å². The van der Waals surface area contributed by atoms with Gasteiger partial charge in [0.1, 0.15) is 5.82 Å². The monoisotopic (exact) mass is 573 g/mol. The molecule has 0 aliphatic carbocycles. The maximum atomic E-state index is 13.3. The number of methoxy groups -OCH3 is 1. The summed E-state index contributed by atoms with van der Waals surface area (Å²) in [5, 5.41) is 6.04. The minimum absolute atomic E-state index is 0.0449. The molecule has 3 heterocycles. The zero-order chi connectivity index (χ0) is 27.7. The number of nitrogens with one attached hydrogen (secondary N) is 2. The van der Waals surface area contributed by atoms with E-state index in [1.165, 1.54) is 17.5 Å². The van der Waals surface area contributed by atoms with Crippen LogP contribution in [0.5, 0.6) is 0 Å². The fourth-order valence-electron chi connectivity index (χ4n) is 4.06. The van der Waals surface area contributed by atoms with Gasteiger partial charge in [-0.15, -0.1) is 0 Å². The molecule has 2 N–H and O–H groups in total. The molecular weight excluding hydrogens is 547 g/mol. The molecule has 3 aromatic rings. The molecule has 1 aliphatic rings. The van der Waals surface area contributed by atoms with Gasteiger partial charge in [0.15, 0.2) is 9.34 Å². The molecule has 1 fully saturated rings. The van der Waals surface area contributed by atoms with Crippen molar-refractivity contribution < 1.29 is 31.1 Å². The fraction of sp³-hybridized carbons (Fsp3) is 0.455. The van der Waals surface area contributed by atoms with E-state index in [0.29, 0.717) is 25.0 Å². The average molecular weight is 574 g/mol. The number of aryl methyl sites for hydroxylation is 1. The Hall–Kier alpha value is -3.08. The van der Waals surface area contributed by atoms with Gasteiger partial charge in [-0.1, -0.05) is 23.5 Å². The van der Waals surface area contributed by atoms with Crippen LogP contribution in [0.25, 0.3) is 10.9 Å². The number of amides is 1. The molecule has 38 heavy (non-hydrogen) atoms. The van der Waals surface area contributed by atoms with E-state index in [1.54, 1.807) is 25.1 Å². The van der Waals surface area contributed by atoms with Crippen molar-refractivity contribution in [2.75, 3.05) is 50.5 Å². The predicted octanol–water partition coefficient (Wildman–Crippen LogP) is 3.40. The second-order valence-electron chi connectivity index (χ2n) is 8.67. The highest BCUT2D eigenvalue weighted by Gasteiger charge is 2.36. The molecular formula is C22H26F3N7O4S2. The maximum Gasteiger partial charge on any atom is 0.451 e. The first-order valence-electron chi connectivity index (χ1n) is 11.5. The minimum Gasteiger partial charge on any atom is -0.453 e. The van der Waals surface area contributed by atoms with Crippen LogP contribution in [0.1, 0.15) is 18.4 Å². The Balaban J connectivity index is 1.40. The van der Waals surface area contributed by atoms with Gasteiger partial charge in [-0.3, -0.25) is 10.2 Å². The molecule has 0 unspecified atom stereocenters. The van der Waals surface area contributed by atoms with E-state index in [0.717, 1.165) is 11.3 Å². The van der Waals surface area contributed by atoms with Gasteiger partial charge in [0.05, 0.1) is 18.3 Å². The van der Waals surface area contributed by atoms with Crippen molar-refractivity contribution in [2.24, 2.45) is 0 Å². The molecule has 1 amide bonds. The van der Waals surface area contributed by atoms with Crippen LogP contribution in [0.2, 0.25) is 0 Å². The number of carbonyl (C=O) groups is 1. The van der Waals surface area contributed by atoms with E-state index < -0.39 is 28.1 Å². The number of thiazole rings is 1. The van der Waals surface area contributed by atoms with Gasteiger partial charge in [0, 0.05) is 44.2 Å². The second kappa shape index (κ2) is 11.0. The zero-order valence-corrected chi connectivity index (χ0v) is 22.4. The highest BCUT2D eigenvalue weighted by molar-refractivity contribution is 7.91. The Bertz CT molecular complexity index is 1420. The summed E-state index contributed by atoms with van der Waals surface area (Å²) < 4.78 is 72.3. The van der Waals surface area contributed by atoms with E-state index in [-0.39, 0.29) is 45.5 Å². The largest absolute Gasteiger partial charge is 0.453 e. The molecule has 4 rings (SSSR count). The van der Waals surface area contributed by atoms with Crippen molar-refractivity contribution in [3.05, 3.63) is 35.8 Å². The van der Waals surface area contributed by atoms with Crippen molar-refractivity contribution in [1.29, 1.82) is 0 Å². The number of sulfonamides is 1. The van der Waals surface area contributed by atoms with Crippen LogP contribution in [0.15, 0.2) is 28.5 Å². The van der Waals surface area contributed by atoms with Gasteiger partial charge in [0.2, 0.25) is 5.82 Å². The lowest BCUT2D eigenvalue weighted by Crippen LogP contribution is -2.50. The number of carbonyl (C=O) groups excluding carboxylic acids is 1. The number of nitrogens with zero attached hydrogens (tertiary/aromatic N) is 5. The lowest BCUT2D eigenvalue weighted by Gasteiger charge is -2.35. The predicted molar refractivity (Wildman–Crippen MR) is 136 cm³/mol. The first-order chi connectivity index (χ1) is 17.9. The SMILES string of the molecule is COC(=O)Nc1nc(C)c(S(=O)(=O)N2CCN(C[C@H](C)Nc3nc(C(F)(F)F)nc4ccccc34)CC2)s1. The third kappa shape index (κ3) is 6.14. The lowest BCUT2D eigenvalue weighted by atomic mass is 10.2. The number of anilines is 2. The highest BCUT2D eigenvalue weighted by atomic mass is 32.2. The fourth-order valence-corrected chi connectivity index (χ4v) is 7.02. The summed E-state index contributed by atoms with van der Waals surface area (Å²) in [6, 6.07) is 6.19. The minimum atomic E-state index is -4.68. The molecule has 0 spiro atoms. The summed E-state index contributed by atoms with van der Waals surface area (Å²) in [5.74, 6) is -1.12. The van der Waals surface area contributed by atoms with E-state index >= 15 is 0 Å². The van der Waals surface area contributed by atoms with Crippen molar-refractivity contribution in [3.8, 4) is 0 Å². The first-order valence-corrected chi connectivity index (χ1v) is 13.8. The van der Waals surface area contributed by atoms with Gasteiger partial charge in [-0.2, -0.15) is 17.5 Å². The number of rotatable bonds is 7. The van der Waals surface area contributed by atoms with E-state index in [2.05, 4.69) is 30.3 Å². The van der Waals surface area contributed by atoms with Gasteiger partial charge in [0.25, 0.3) is 10.0 Å². The highest BCUT2D eigenvalue weighted by Crippen LogP contribution is 2.32. The van der Waals surface area contributed by atoms with Crippen LogP contribution in [-0.4, -0.2) is 84.5 Å². The molecule has 206 valence electrons. The molecule has 0 radical (unpaired) electrons. The molecule has 1 atom stereocenters. The number of piperazine rings is 1. The van der Waals surface area contributed by atoms with Crippen LogP contribution < -0.4 is 10.6 Å². The molecule has 0 bridgehead atoms. The standard InChI is InChI=1S/C22H26F3N7O4S2/c1-13(26-17-15-6-4-5-7-16(15)28-19(29-17)22(23,24)25)12-31-8-10-32(11-9-31)38(34,35)18-14(2)27-20(37-18)30-21(33)36-3/h4-7,13H,8-12H2,1-3H3,(H,26,28,29)(H,27,30,33)/t13-/m0/s1. The Morgan fingerprint density at radius 2 is 1.84 bits per heavy atom. The summed E-state index contributed by atoms with van der Waals surface area (Å²) in [6.45, 7) is 5.13. The summed E-state index contributed by atoms with van der Waals surface area (Å²) in [4.78, 5) is 24.9. The summed E-state index contributed by atoms with van der Waals surface area (Å²) >= 11 is 0.852. The van der Waals surface area contributed by atoms with Crippen molar-refractivity contribution in [3.63, 3.8) is 0 Å². The number of benzene rings is 1. The Morgan fingerprint density at radius 3 is 2.50 bits per heavy atom. The number of fused-ring (bicyclic) bond motifs is 1. The summed E-state index contributed by atoms with van der Waals surface area (Å²) in [7, 11) is -2.63. The van der Waals surface area contributed by atoms with E-state index in [4.69, 9.17) is 0 Å². The maximum absolute atomic E-state index is 13.3. The molecule has 1 aliphatic heterocycles. The Kier molecular flexibility index (Phi) is 8.06. The van der Waals surface area contributed by atoms with Crippen molar-refractivity contribution in [1.82, 2.24) is 24.2 Å². The van der Waals surface area contributed by atoms with Crippen molar-refractivity contribution >= 4 is 49.3 Å². The molecule has 16 heteroatoms. The van der Waals surface area contributed by atoms with E-state index in [9.17, 15) is 26.4 Å². The number of aromatic nitrogens is 3. The van der Waals surface area contributed by atoms with Crippen molar-refractivity contribution in [2.45, 2.75) is 30.3 Å². The van der Waals surface area contributed by atoms with Gasteiger partial charge in [-0.05, 0) is 26.0 Å². The first kappa shape index (κ1) is 27.9. The number of halogens is 3. The number of ether oxygens (including phenoxy) is 1. The third-order valence-electron chi connectivity index (χ3n) is 5.83. The number of alkyl halides is 3. The number of para-hydroxylation sites is 1. The molecule has 0 saturated carbocycles. The Labute approximate surface area is 221 Å². The topological polar surface area (TPSA) is 130 Å². The van der Waals surface area contributed by atoms with Crippen LogP contribution in [0.4, 0.5) is 28.9 Å². The molecule has 1 aromatic carbocycles. The smallest absolute Gasteiger partial charge is 0.451 e. The molecule has 11 nitrogen and oxygen atoms in total. The van der Waals surface area contributed by atoms with Crippen LogP contribution >= 0.6 is 11.3 Å². The Morgan fingerprint density at radius 1 is 1.16 bits per heavy atom. The van der Waals surface area contributed by atoms with Gasteiger partial charge >= 0.3 is 12.3 Å². The lowest BCUT2D eigenvalue weighted by molar-refractivity contribution is -0.144. The molecule has 1 saturated heterocycles. The summed E-state index contributed by atoms with van der Waals surface area (Å²) in [5.41, 5.74) is 0.462. The number of hydrogen-bond acceptors (Lipinski definition) is 10. The summed E-state index contributed by atoms with van der Waals surface area (Å²) in [6.07, 6.45) is -5.43. The molecule has 2 aromatic heterocycles. The van der Waals surface area contributed by atoms with Gasteiger partial charge in [-0.25, -0.2) is 28.2 Å². The average Bonchev–Trinajstić information content (AvgIpc) is 3.24. The van der Waals surface area contributed by atoms with Crippen LogP contribution in [0.3, 0.4) is 0 Å². The van der Waals surface area contributed by atoms with Crippen LogP contribution in [0, 0.1) is 6.92 Å². The second-order valence-corrected chi connectivity index (χ2v) is 11.8.